The van der Waals surface area contributed by atoms with Crippen LogP contribution in [0.4, 0.5) is 0 Å². The largest absolute Gasteiger partial charge is 0.466 e. The Hall–Kier alpha value is -1.92. The third-order valence-corrected chi connectivity index (χ3v) is 20.4. The summed E-state index contributed by atoms with van der Waals surface area (Å²) in [5.74, 6) is -0.0162. The lowest BCUT2D eigenvalue weighted by Crippen LogP contribution is -2.45. The SMILES string of the molecule is CCCCCC/C=C\C/C=C\CCCCCCCC(=O)OCCCCCCCCCCCCCCCCCC/C=C\CCCCCCCCCCCCCCCCCCCC(=O)NC(CO)C(O)CCCCCCCCCCCCCCCCCCCCCCCCCC. The van der Waals surface area contributed by atoms with Gasteiger partial charge in [0.25, 0.3) is 0 Å². The van der Waals surface area contributed by atoms with E-state index in [1.54, 1.807) is 0 Å². The van der Waals surface area contributed by atoms with E-state index in [0.29, 0.717) is 25.9 Å². The fourth-order valence-electron chi connectivity index (χ4n) is 13.8. The summed E-state index contributed by atoms with van der Waals surface area (Å²) >= 11 is 0. The maximum atomic E-state index is 12.6. The smallest absolute Gasteiger partial charge is 0.305 e. The highest BCUT2D eigenvalue weighted by molar-refractivity contribution is 5.76. The van der Waals surface area contributed by atoms with Crippen LogP contribution in [0, 0.1) is 0 Å². The van der Waals surface area contributed by atoms with Gasteiger partial charge in [0.05, 0.1) is 25.4 Å². The van der Waals surface area contributed by atoms with Crippen LogP contribution in [-0.4, -0.2) is 47.4 Å². The molecule has 0 saturated heterocycles. The average molecular weight is 1320 g/mol. The topological polar surface area (TPSA) is 95.9 Å². The molecule has 0 aliphatic heterocycles. The van der Waals surface area contributed by atoms with Gasteiger partial charge in [-0.3, -0.25) is 9.59 Å². The molecular weight excluding hydrogens is 1150 g/mol. The van der Waals surface area contributed by atoms with E-state index in [2.05, 4.69) is 55.6 Å². The predicted octanol–water partition coefficient (Wildman–Crippen LogP) is 28.9. The van der Waals surface area contributed by atoms with Crippen molar-refractivity contribution in [2.45, 2.75) is 501 Å². The van der Waals surface area contributed by atoms with Crippen molar-refractivity contribution >= 4 is 11.9 Å². The maximum Gasteiger partial charge on any atom is 0.305 e. The lowest BCUT2D eigenvalue weighted by Gasteiger charge is -2.22. The summed E-state index contributed by atoms with van der Waals surface area (Å²) in [6, 6.07) is -0.540. The molecule has 0 heterocycles. The summed E-state index contributed by atoms with van der Waals surface area (Å²) in [6.45, 7) is 4.99. The molecule has 0 aliphatic carbocycles. The first kappa shape index (κ1) is 92.1. The van der Waals surface area contributed by atoms with Crippen LogP contribution in [0.25, 0.3) is 0 Å². The second-order valence-corrected chi connectivity index (χ2v) is 29.9. The van der Waals surface area contributed by atoms with Crippen LogP contribution in [-0.2, 0) is 14.3 Å². The van der Waals surface area contributed by atoms with Crippen LogP contribution in [0.3, 0.4) is 0 Å². The van der Waals surface area contributed by atoms with E-state index >= 15 is 0 Å². The highest BCUT2D eigenvalue weighted by Crippen LogP contribution is 2.21. The quantitative estimate of drug-likeness (QED) is 0.0320. The van der Waals surface area contributed by atoms with Crippen molar-refractivity contribution in [2.24, 2.45) is 0 Å². The first-order chi connectivity index (χ1) is 46.5. The number of amides is 1. The van der Waals surface area contributed by atoms with E-state index in [-0.39, 0.29) is 18.5 Å². The van der Waals surface area contributed by atoms with Gasteiger partial charge in [0.2, 0.25) is 5.91 Å². The number of carbonyl (C=O) groups is 2. The minimum absolute atomic E-state index is 0.00882. The molecule has 0 radical (unpaired) electrons. The molecule has 2 atom stereocenters. The summed E-state index contributed by atoms with van der Waals surface area (Å²) in [5.41, 5.74) is 0. The van der Waals surface area contributed by atoms with E-state index in [1.807, 2.05) is 0 Å². The van der Waals surface area contributed by atoms with Gasteiger partial charge < -0.3 is 20.3 Å². The fraction of sp³-hybridized carbons (Fsp3) is 0.909. The Morgan fingerprint density at radius 1 is 0.298 bits per heavy atom. The molecule has 0 rings (SSSR count). The first-order valence-electron chi connectivity index (χ1n) is 43.2. The van der Waals surface area contributed by atoms with Gasteiger partial charge in [-0.2, -0.15) is 0 Å². The van der Waals surface area contributed by atoms with Crippen LogP contribution in [0.1, 0.15) is 489 Å². The zero-order valence-corrected chi connectivity index (χ0v) is 64.0. The molecule has 3 N–H and O–H groups in total. The molecule has 2 unspecified atom stereocenters. The number of ether oxygens (including phenoxy) is 1. The van der Waals surface area contributed by atoms with Crippen molar-refractivity contribution < 1.29 is 24.5 Å². The number of rotatable bonds is 82. The lowest BCUT2D eigenvalue weighted by atomic mass is 10.0. The van der Waals surface area contributed by atoms with E-state index in [9.17, 15) is 19.8 Å². The number of allylic oxidation sites excluding steroid dienone is 6. The van der Waals surface area contributed by atoms with Gasteiger partial charge >= 0.3 is 5.97 Å². The Kier molecular flexibility index (Phi) is 81.8. The van der Waals surface area contributed by atoms with Crippen molar-refractivity contribution in [3.63, 3.8) is 0 Å². The number of hydrogen-bond acceptors (Lipinski definition) is 5. The molecule has 6 heteroatoms. The Balaban J connectivity index is 3.34. The number of esters is 1. The molecule has 6 nitrogen and oxygen atoms in total. The van der Waals surface area contributed by atoms with Gasteiger partial charge in [0.15, 0.2) is 0 Å². The second kappa shape index (κ2) is 83.5. The highest BCUT2D eigenvalue weighted by atomic mass is 16.5. The molecule has 556 valence electrons. The standard InChI is InChI=1S/C88H169NO5/c1-3-5-7-9-11-13-15-17-19-21-22-23-24-40-43-46-49-52-56-60-64-68-72-76-80-86(91)85(84-90)89-87(92)81-77-73-69-65-61-57-53-50-47-44-41-38-36-34-32-30-28-26-25-27-29-31-33-35-37-39-42-45-48-51-55-59-63-67-71-75-79-83-94-88(93)82-78-74-70-66-62-58-54-20-18-16-14-12-10-8-6-4-2/h14,16,20,25,27,54,85-86,90-91H,3-13,15,17-19,21-24,26,28-53,55-84H2,1-2H3,(H,89,92)/b16-14-,27-25-,54-20-. The fourth-order valence-corrected chi connectivity index (χ4v) is 13.8. The first-order valence-corrected chi connectivity index (χ1v) is 43.2. The van der Waals surface area contributed by atoms with Crippen LogP contribution in [0.5, 0.6) is 0 Å². The molecule has 1 amide bonds. The van der Waals surface area contributed by atoms with Gasteiger partial charge in [-0.05, 0) is 83.5 Å². The van der Waals surface area contributed by atoms with Gasteiger partial charge in [0, 0.05) is 12.8 Å². The predicted molar refractivity (Wildman–Crippen MR) is 416 cm³/mol. The van der Waals surface area contributed by atoms with E-state index in [4.69, 9.17) is 4.74 Å². The van der Waals surface area contributed by atoms with E-state index in [1.165, 1.54) is 405 Å². The molecule has 0 aromatic rings. The molecule has 0 spiro atoms. The minimum atomic E-state index is -0.663. The summed E-state index contributed by atoms with van der Waals surface area (Å²) in [6.07, 6.45) is 110. The van der Waals surface area contributed by atoms with Gasteiger partial charge in [0.1, 0.15) is 0 Å². The normalized spacial score (nSPS) is 12.6. The molecule has 0 bridgehead atoms. The number of unbranched alkanes of at least 4 members (excludes halogenated alkanes) is 65. The van der Waals surface area contributed by atoms with Crippen LogP contribution < -0.4 is 5.32 Å². The summed E-state index contributed by atoms with van der Waals surface area (Å²) in [7, 11) is 0. The van der Waals surface area contributed by atoms with E-state index in [0.717, 1.165) is 51.4 Å². The Labute approximate surface area is 589 Å². The van der Waals surface area contributed by atoms with Gasteiger partial charge in [-0.25, -0.2) is 0 Å². The summed E-state index contributed by atoms with van der Waals surface area (Å²) < 4.78 is 5.50. The second-order valence-electron chi connectivity index (χ2n) is 29.9. The zero-order valence-electron chi connectivity index (χ0n) is 64.0. The van der Waals surface area contributed by atoms with Crippen LogP contribution >= 0.6 is 0 Å². The zero-order chi connectivity index (χ0) is 67.7. The summed E-state index contributed by atoms with van der Waals surface area (Å²) in [5, 5.41) is 23.5. The average Bonchev–Trinajstić information content (AvgIpc) is 3.79. The van der Waals surface area contributed by atoms with Crippen molar-refractivity contribution in [2.75, 3.05) is 13.2 Å². The number of aliphatic hydroxyl groups is 2. The van der Waals surface area contributed by atoms with Gasteiger partial charge in [-0.1, -0.05) is 429 Å². The van der Waals surface area contributed by atoms with Crippen molar-refractivity contribution in [3.05, 3.63) is 36.5 Å². The number of hydrogen-bond donors (Lipinski definition) is 3. The lowest BCUT2D eigenvalue weighted by molar-refractivity contribution is -0.143. The van der Waals surface area contributed by atoms with Crippen LogP contribution in [0.2, 0.25) is 0 Å². The third kappa shape index (κ3) is 79.1. The number of carbonyl (C=O) groups excluding carboxylic acids is 2. The Bertz CT molecular complexity index is 1520. The van der Waals surface area contributed by atoms with Crippen molar-refractivity contribution in [1.82, 2.24) is 5.32 Å². The Morgan fingerprint density at radius 2 is 0.532 bits per heavy atom. The Morgan fingerprint density at radius 3 is 0.830 bits per heavy atom. The molecule has 0 aromatic carbocycles. The maximum absolute atomic E-state index is 12.6. The minimum Gasteiger partial charge on any atom is -0.466 e. The highest BCUT2D eigenvalue weighted by Gasteiger charge is 2.20. The van der Waals surface area contributed by atoms with Crippen LogP contribution in [0.15, 0.2) is 36.5 Å². The third-order valence-electron chi connectivity index (χ3n) is 20.4. The molecule has 0 aliphatic rings. The molecular formula is C88H169NO5. The number of nitrogens with one attached hydrogen (secondary N) is 1. The molecule has 94 heavy (non-hydrogen) atoms. The van der Waals surface area contributed by atoms with Gasteiger partial charge in [-0.15, -0.1) is 0 Å². The van der Waals surface area contributed by atoms with E-state index < -0.39 is 12.1 Å². The monoisotopic (exact) mass is 1320 g/mol. The molecule has 0 aromatic heterocycles. The van der Waals surface area contributed by atoms with Crippen molar-refractivity contribution in [1.29, 1.82) is 0 Å². The number of aliphatic hydroxyl groups excluding tert-OH is 2. The molecule has 0 saturated carbocycles. The van der Waals surface area contributed by atoms with Crippen molar-refractivity contribution in [3.8, 4) is 0 Å². The summed E-state index contributed by atoms with van der Waals surface area (Å²) in [4.78, 5) is 24.7. The molecule has 0 fully saturated rings.